The molecule has 8 nitrogen and oxygen atoms in total. The SMILES string of the molecule is Cc1nonc1OCCn1cc([C@H]2CCOC2)nn1. The molecule has 1 aliphatic rings. The minimum Gasteiger partial charge on any atom is -0.472 e. The number of nitrogens with zero attached hydrogens (tertiary/aromatic N) is 5. The van der Waals surface area contributed by atoms with E-state index in [1.807, 2.05) is 6.20 Å². The minimum atomic E-state index is 0.372. The van der Waals surface area contributed by atoms with Gasteiger partial charge in [-0.2, -0.15) is 0 Å². The number of rotatable bonds is 5. The second-order valence-electron chi connectivity index (χ2n) is 4.47. The molecule has 102 valence electrons. The van der Waals surface area contributed by atoms with E-state index >= 15 is 0 Å². The van der Waals surface area contributed by atoms with Crippen molar-refractivity contribution in [1.29, 1.82) is 0 Å². The zero-order valence-corrected chi connectivity index (χ0v) is 10.7. The first-order chi connectivity index (χ1) is 9.33. The second kappa shape index (κ2) is 5.35. The van der Waals surface area contributed by atoms with Crippen molar-refractivity contribution in [2.24, 2.45) is 0 Å². The van der Waals surface area contributed by atoms with Crippen LogP contribution in [-0.4, -0.2) is 45.1 Å². The Bertz CT molecular complexity index is 532. The van der Waals surface area contributed by atoms with Crippen molar-refractivity contribution in [3.05, 3.63) is 17.6 Å². The van der Waals surface area contributed by atoms with E-state index in [9.17, 15) is 0 Å². The molecule has 3 rings (SSSR count). The molecule has 0 spiro atoms. The highest BCUT2D eigenvalue weighted by molar-refractivity contribution is 5.11. The summed E-state index contributed by atoms with van der Waals surface area (Å²) in [6.45, 7) is 4.36. The van der Waals surface area contributed by atoms with E-state index in [4.69, 9.17) is 9.47 Å². The zero-order valence-electron chi connectivity index (χ0n) is 10.7. The highest BCUT2D eigenvalue weighted by Crippen LogP contribution is 2.22. The molecule has 0 aliphatic carbocycles. The topological polar surface area (TPSA) is 88.1 Å². The lowest BCUT2D eigenvalue weighted by Crippen LogP contribution is -2.09. The molecular weight excluding hydrogens is 250 g/mol. The summed E-state index contributed by atoms with van der Waals surface area (Å²) in [6.07, 6.45) is 2.95. The molecule has 1 aliphatic heterocycles. The third-order valence-electron chi connectivity index (χ3n) is 3.07. The number of aromatic nitrogens is 5. The third-order valence-corrected chi connectivity index (χ3v) is 3.07. The van der Waals surface area contributed by atoms with Gasteiger partial charge in [-0.3, -0.25) is 0 Å². The number of hydrogen-bond donors (Lipinski definition) is 0. The van der Waals surface area contributed by atoms with Gasteiger partial charge in [0.25, 0.3) is 5.88 Å². The highest BCUT2D eigenvalue weighted by Gasteiger charge is 2.20. The lowest BCUT2D eigenvalue weighted by molar-refractivity contribution is 0.193. The van der Waals surface area contributed by atoms with Crippen LogP contribution in [0, 0.1) is 6.92 Å². The maximum atomic E-state index is 5.43. The second-order valence-corrected chi connectivity index (χ2v) is 4.47. The van der Waals surface area contributed by atoms with E-state index in [1.54, 1.807) is 11.6 Å². The van der Waals surface area contributed by atoms with Crippen LogP contribution in [-0.2, 0) is 11.3 Å². The summed E-state index contributed by atoms with van der Waals surface area (Å²) in [7, 11) is 0. The molecule has 1 fully saturated rings. The van der Waals surface area contributed by atoms with E-state index in [1.165, 1.54) is 0 Å². The van der Waals surface area contributed by atoms with E-state index in [0.717, 1.165) is 25.3 Å². The highest BCUT2D eigenvalue weighted by atomic mass is 16.6. The fourth-order valence-electron chi connectivity index (χ4n) is 1.97. The minimum absolute atomic E-state index is 0.372. The van der Waals surface area contributed by atoms with Crippen molar-refractivity contribution >= 4 is 0 Å². The Hall–Kier alpha value is -1.96. The van der Waals surface area contributed by atoms with E-state index in [0.29, 0.717) is 30.6 Å². The maximum absolute atomic E-state index is 5.43. The largest absolute Gasteiger partial charge is 0.472 e. The Morgan fingerprint density at radius 3 is 3.16 bits per heavy atom. The summed E-state index contributed by atoms with van der Waals surface area (Å²) >= 11 is 0. The van der Waals surface area contributed by atoms with Crippen LogP contribution in [0.5, 0.6) is 5.88 Å². The van der Waals surface area contributed by atoms with Crippen molar-refractivity contribution in [3.63, 3.8) is 0 Å². The van der Waals surface area contributed by atoms with Crippen LogP contribution in [0.4, 0.5) is 0 Å². The van der Waals surface area contributed by atoms with Crippen molar-refractivity contribution in [2.75, 3.05) is 19.8 Å². The summed E-state index contributed by atoms with van der Waals surface area (Å²) in [5.74, 6) is 0.793. The Kier molecular flexibility index (Phi) is 3.41. The fourth-order valence-corrected chi connectivity index (χ4v) is 1.97. The maximum Gasteiger partial charge on any atom is 0.278 e. The van der Waals surface area contributed by atoms with Gasteiger partial charge in [0, 0.05) is 18.7 Å². The van der Waals surface area contributed by atoms with Crippen LogP contribution < -0.4 is 4.74 Å². The first kappa shape index (κ1) is 12.1. The average Bonchev–Trinajstić information content (AvgIpc) is 3.11. The smallest absolute Gasteiger partial charge is 0.278 e. The molecule has 0 N–H and O–H groups in total. The predicted molar refractivity (Wildman–Crippen MR) is 62.7 cm³/mol. The fraction of sp³-hybridized carbons (Fsp3) is 0.636. The summed E-state index contributed by atoms with van der Waals surface area (Å²) in [4.78, 5) is 0. The zero-order chi connectivity index (χ0) is 13.1. The number of ether oxygens (including phenoxy) is 2. The monoisotopic (exact) mass is 265 g/mol. The Morgan fingerprint density at radius 1 is 1.47 bits per heavy atom. The van der Waals surface area contributed by atoms with E-state index in [-0.39, 0.29) is 0 Å². The van der Waals surface area contributed by atoms with Crippen LogP contribution >= 0.6 is 0 Å². The molecule has 1 atom stereocenters. The standard InChI is InChI=1S/C11H15N5O3/c1-8-11(14-19-13-8)18-5-3-16-6-10(12-15-16)9-2-4-17-7-9/h6,9H,2-5,7H2,1H3/t9-/m0/s1. The third kappa shape index (κ3) is 2.73. The van der Waals surface area contributed by atoms with E-state index < -0.39 is 0 Å². The molecule has 0 aromatic carbocycles. The first-order valence-corrected chi connectivity index (χ1v) is 6.22. The van der Waals surface area contributed by atoms with Gasteiger partial charge < -0.3 is 9.47 Å². The van der Waals surface area contributed by atoms with Gasteiger partial charge in [-0.25, -0.2) is 9.31 Å². The predicted octanol–water partition coefficient (Wildman–Crippen LogP) is 0.552. The normalized spacial score (nSPS) is 18.9. The molecular formula is C11H15N5O3. The molecule has 0 bridgehead atoms. The van der Waals surface area contributed by atoms with Gasteiger partial charge in [-0.15, -0.1) is 5.10 Å². The molecule has 3 heterocycles. The van der Waals surface area contributed by atoms with Crippen LogP contribution in [0.2, 0.25) is 0 Å². The Balaban J connectivity index is 1.51. The molecule has 0 radical (unpaired) electrons. The van der Waals surface area contributed by atoms with Gasteiger partial charge in [-0.1, -0.05) is 10.4 Å². The van der Waals surface area contributed by atoms with Crippen LogP contribution in [0.3, 0.4) is 0 Å². The van der Waals surface area contributed by atoms with Crippen molar-refractivity contribution in [1.82, 2.24) is 25.3 Å². The molecule has 2 aromatic rings. The van der Waals surface area contributed by atoms with Gasteiger partial charge in [-0.05, 0) is 18.5 Å². The van der Waals surface area contributed by atoms with Crippen molar-refractivity contribution in [3.8, 4) is 5.88 Å². The summed E-state index contributed by atoms with van der Waals surface area (Å²) in [5, 5.41) is 15.5. The summed E-state index contributed by atoms with van der Waals surface area (Å²) < 4.78 is 17.1. The quantitative estimate of drug-likeness (QED) is 0.780. The van der Waals surface area contributed by atoms with Gasteiger partial charge in [0.05, 0.1) is 18.8 Å². The average molecular weight is 265 g/mol. The lowest BCUT2D eigenvalue weighted by atomic mass is 10.1. The summed E-state index contributed by atoms with van der Waals surface area (Å²) in [6, 6.07) is 0. The molecule has 2 aromatic heterocycles. The molecule has 1 saturated heterocycles. The lowest BCUT2D eigenvalue weighted by Gasteiger charge is -2.02. The Morgan fingerprint density at radius 2 is 2.42 bits per heavy atom. The van der Waals surface area contributed by atoms with Crippen LogP contribution in [0.1, 0.15) is 23.7 Å². The van der Waals surface area contributed by atoms with Crippen molar-refractivity contribution in [2.45, 2.75) is 25.8 Å². The first-order valence-electron chi connectivity index (χ1n) is 6.22. The molecule has 0 amide bonds. The van der Waals surface area contributed by atoms with Gasteiger partial charge in [0.15, 0.2) is 0 Å². The van der Waals surface area contributed by atoms with Gasteiger partial charge >= 0.3 is 0 Å². The molecule has 8 heteroatoms. The molecule has 19 heavy (non-hydrogen) atoms. The summed E-state index contributed by atoms with van der Waals surface area (Å²) in [5.41, 5.74) is 1.62. The number of hydrogen-bond acceptors (Lipinski definition) is 7. The van der Waals surface area contributed by atoms with E-state index in [2.05, 4.69) is 25.3 Å². The molecule has 0 saturated carbocycles. The van der Waals surface area contributed by atoms with Crippen LogP contribution in [0.15, 0.2) is 10.8 Å². The van der Waals surface area contributed by atoms with Gasteiger partial charge in [0.2, 0.25) is 0 Å². The number of aryl methyl sites for hydroxylation is 1. The van der Waals surface area contributed by atoms with Crippen molar-refractivity contribution < 1.29 is 14.1 Å². The van der Waals surface area contributed by atoms with Gasteiger partial charge in [0.1, 0.15) is 12.3 Å². The van der Waals surface area contributed by atoms with Crippen LogP contribution in [0.25, 0.3) is 0 Å². The molecule has 0 unspecified atom stereocenters. The Labute approximate surface area is 109 Å².